The minimum atomic E-state index is -0.547. The lowest BCUT2D eigenvalue weighted by Gasteiger charge is -2.14. The number of carbonyl (C=O) groups excluding carboxylic acids is 1. The maximum absolute atomic E-state index is 12.4. The number of ether oxygens (including phenoxy) is 3. The molecule has 1 aliphatic rings. The number of halogens is 4. The van der Waals surface area contributed by atoms with E-state index in [9.17, 15) is 4.79 Å². The molecule has 0 bridgehead atoms. The first-order valence-electron chi connectivity index (χ1n) is 9.57. The number of aliphatic imine (C=N–C) groups is 1. The minimum Gasteiger partial charge on any atom is -0.493 e. The van der Waals surface area contributed by atoms with Gasteiger partial charge in [0, 0.05) is 12.7 Å². The Morgan fingerprint density at radius 2 is 1.94 bits per heavy atom. The summed E-state index contributed by atoms with van der Waals surface area (Å²) < 4.78 is 19.7. The van der Waals surface area contributed by atoms with Crippen molar-refractivity contribution in [3.05, 3.63) is 93.6 Å². The van der Waals surface area contributed by atoms with E-state index in [4.69, 9.17) is 25.8 Å². The minimum absolute atomic E-state index is 0.168. The van der Waals surface area contributed by atoms with Crippen molar-refractivity contribution in [2.45, 2.75) is 6.61 Å². The van der Waals surface area contributed by atoms with E-state index in [1.54, 1.807) is 25.3 Å². The molecule has 0 spiro atoms. The topological polar surface area (TPSA) is 57.1 Å². The fraction of sp³-hybridized carbons (Fsp3) is 0.0833. The number of hydrogen-bond donors (Lipinski definition) is 0. The van der Waals surface area contributed by atoms with Crippen LogP contribution in [0.15, 0.2) is 69.8 Å². The Labute approximate surface area is 231 Å². The summed E-state index contributed by atoms with van der Waals surface area (Å²) in [6, 6.07) is 17.0. The molecule has 0 radical (unpaired) electrons. The lowest BCUT2D eigenvalue weighted by Crippen LogP contribution is -2.06. The fourth-order valence-corrected chi connectivity index (χ4v) is 4.88. The van der Waals surface area contributed by atoms with E-state index in [1.165, 1.54) is 0 Å². The second kappa shape index (κ2) is 10.7. The molecule has 3 aromatic rings. The SMILES string of the molecule is COc1cc(/C=C2\N=C(c3cc(I)ccc3Cl)OC2=O)cc(Br)c1OCc1ccccc1I. The van der Waals surface area contributed by atoms with Crippen LogP contribution >= 0.6 is 72.7 Å². The number of methoxy groups -OCH3 is 1. The van der Waals surface area contributed by atoms with Crippen LogP contribution in [0.5, 0.6) is 11.5 Å². The quantitative estimate of drug-likeness (QED) is 0.152. The van der Waals surface area contributed by atoms with Crippen LogP contribution in [0.1, 0.15) is 16.7 Å². The van der Waals surface area contributed by atoms with Gasteiger partial charge in [0.1, 0.15) is 6.61 Å². The molecule has 0 aliphatic carbocycles. The predicted molar refractivity (Wildman–Crippen MR) is 149 cm³/mol. The van der Waals surface area contributed by atoms with Gasteiger partial charge in [0.2, 0.25) is 5.90 Å². The Kier molecular flexibility index (Phi) is 7.98. The molecule has 33 heavy (non-hydrogen) atoms. The molecule has 0 aromatic heterocycles. The van der Waals surface area contributed by atoms with Crippen molar-refractivity contribution >= 4 is 90.7 Å². The molecule has 1 aliphatic heterocycles. The van der Waals surface area contributed by atoms with Gasteiger partial charge < -0.3 is 14.2 Å². The van der Waals surface area contributed by atoms with Gasteiger partial charge in [0.15, 0.2) is 17.2 Å². The molecule has 0 saturated carbocycles. The molecule has 0 saturated heterocycles. The Morgan fingerprint density at radius 1 is 1.15 bits per heavy atom. The lowest BCUT2D eigenvalue weighted by molar-refractivity contribution is -0.129. The van der Waals surface area contributed by atoms with Crippen LogP contribution in [0, 0.1) is 7.14 Å². The molecule has 168 valence electrons. The standard InChI is InChI=1S/C24H15BrClI2NO4/c1-31-21-10-13(8-17(25)22(21)32-12-14-4-2-3-5-19(14)28)9-20-24(30)33-23(29-20)16-11-15(27)6-7-18(16)26/h2-11H,12H2,1H3/b20-9-. The van der Waals surface area contributed by atoms with Gasteiger partial charge in [0.25, 0.3) is 0 Å². The zero-order valence-corrected chi connectivity index (χ0v) is 23.7. The van der Waals surface area contributed by atoms with E-state index in [2.05, 4.69) is 66.1 Å². The van der Waals surface area contributed by atoms with Crippen molar-refractivity contribution in [2.24, 2.45) is 4.99 Å². The zero-order chi connectivity index (χ0) is 23.5. The summed E-state index contributed by atoms with van der Waals surface area (Å²) in [5, 5.41) is 0.460. The maximum atomic E-state index is 12.4. The van der Waals surface area contributed by atoms with Gasteiger partial charge in [-0.15, -0.1) is 0 Å². The van der Waals surface area contributed by atoms with Crippen LogP contribution in [-0.2, 0) is 16.1 Å². The van der Waals surface area contributed by atoms with Crippen molar-refractivity contribution in [3.8, 4) is 11.5 Å². The van der Waals surface area contributed by atoms with Gasteiger partial charge in [-0.2, -0.15) is 0 Å². The molecule has 0 N–H and O–H groups in total. The summed E-state index contributed by atoms with van der Waals surface area (Å²) >= 11 is 14.3. The molecular formula is C24H15BrClI2NO4. The molecule has 9 heteroatoms. The molecule has 0 unspecified atom stereocenters. The highest BCUT2D eigenvalue weighted by atomic mass is 127. The number of benzene rings is 3. The summed E-state index contributed by atoms with van der Waals surface area (Å²) in [6.07, 6.45) is 1.63. The van der Waals surface area contributed by atoms with Crippen LogP contribution in [-0.4, -0.2) is 19.0 Å². The number of nitrogens with zero attached hydrogens (tertiary/aromatic N) is 1. The fourth-order valence-electron chi connectivity index (χ4n) is 3.07. The third-order valence-electron chi connectivity index (χ3n) is 4.66. The first kappa shape index (κ1) is 24.5. The van der Waals surface area contributed by atoms with Crippen LogP contribution in [0.2, 0.25) is 5.02 Å². The number of rotatable bonds is 6. The van der Waals surface area contributed by atoms with Crippen LogP contribution in [0.25, 0.3) is 6.08 Å². The second-order valence-electron chi connectivity index (χ2n) is 6.87. The summed E-state index contributed by atoms with van der Waals surface area (Å²) in [5.41, 5.74) is 2.51. The highest BCUT2D eigenvalue weighted by Gasteiger charge is 2.26. The average molecular weight is 751 g/mol. The van der Waals surface area contributed by atoms with Gasteiger partial charge in [-0.05, 0) is 109 Å². The highest BCUT2D eigenvalue weighted by molar-refractivity contribution is 14.1. The third kappa shape index (κ3) is 5.72. The summed E-state index contributed by atoms with van der Waals surface area (Å²) in [7, 11) is 1.57. The average Bonchev–Trinajstić information content (AvgIpc) is 3.15. The van der Waals surface area contributed by atoms with Gasteiger partial charge in [-0.1, -0.05) is 29.8 Å². The van der Waals surface area contributed by atoms with E-state index in [0.717, 1.165) is 12.7 Å². The predicted octanol–water partition coefficient (Wildman–Crippen LogP) is 7.24. The Balaban J connectivity index is 1.62. The summed E-state index contributed by atoms with van der Waals surface area (Å²) in [6.45, 7) is 0.394. The van der Waals surface area contributed by atoms with Crippen molar-refractivity contribution in [3.63, 3.8) is 0 Å². The van der Waals surface area contributed by atoms with Crippen molar-refractivity contribution in [1.82, 2.24) is 0 Å². The van der Waals surface area contributed by atoms with Gasteiger partial charge in [-0.3, -0.25) is 0 Å². The Hall–Kier alpha value is -1.63. The monoisotopic (exact) mass is 749 g/mol. The lowest BCUT2D eigenvalue weighted by atomic mass is 10.1. The molecule has 4 rings (SSSR count). The summed E-state index contributed by atoms with van der Waals surface area (Å²) in [5.74, 6) is 0.730. The van der Waals surface area contributed by atoms with Crippen molar-refractivity contribution < 1.29 is 19.0 Å². The van der Waals surface area contributed by atoms with Crippen LogP contribution in [0.4, 0.5) is 0 Å². The third-order valence-corrected chi connectivity index (χ3v) is 7.31. The van der Waals surface area contributed by atoms with E-state index in [-0.39, 0.29) is 11.6 Å². The van der Waals surface area contributed by atoms with Gasteiger partial charge in [0.05, 0.1) is 22.2 Å². The van der Waals surface area contributed by atoms with Crippen molar-refractivity contribution in [1.29, 1.82) is 0 Å². The van der Waals surface area contributed by atoms with E-state index >= 15 is 0 Å². The zero-order valence-electron chi connectivity index (χ0n) is 17.1. The largest absolute Gasteiger partial charge is 0.493 e. The Bertz CT molecular complexity index is 1310. The second-order valence-corrected chi connectivity index (χ2v) is 10.5. The summed E-state index contributed by atoms with van der Waals surface area (Å²) in [4.78, 5) is 16.8. The van der Waals surface area contributed by atoms with E-state index < -0.39 is 5.97 Å². The number of carbonyl (C=O) groups is 1. The highest BCUT2D eigenvalue weighted by Crippen LogP contribution is 2.38. The number of cyclic esters (lactones) is 1. The van der Waals surface area contributed by atoms with E-state index in [0.29, 0.717) is 38.7 Å². The van der Waals surface area contributed by atoms with Crippen molar-refractivity contribution in [2.75, 3.05) is 7.11 Å². The molecule has 1 heterocycles. The molecular weight excluding hydrogens is 735 g/mol. The number of hydrogen-bond acceptors (Lipinski definition) is 5. The first-order valence-corrected chi connectivity index (χ1v) is 12.9. The van der Waals surface area contributed by atoms with Gasteiger partial charge >= 0.3 is 5.97 Å². The van der Waals surface area contributed by atoms with E-state index in [1.807, 2.05) is 42.5 Å². The molecule has 5 nitrogen and oxygen atoms in total. The van der Waals surface area contributed by atoms with Crippen LogP contribution < -0.4 is 9.47 Å². The molecule has 0 fully saturated rings. The Morgan fingerprint density at radius 3 is 2.70 bits per heavy atom. The smallest absolute Gasteiger partial charge is 0.363 e. The normalized spacial score (nSPS) is 14.3. The maximum Gasteiger partial charge on any atom is 0.363 e. The van der Waals surface area contributed by atoms with Gasteiger partial charge in [-0.25, -0.2) is 9.79 Å². The first-order chi connectivity index (χ1) is 15.9. The molecule has 0 atom stereocenters. The van der Waals surface area contributed by atoms with Crippen LogP contribution in [0.3, 0.4) is 0 Å². The number of esters is 1. The molecule has 3 aromatic carbocycles. The molecule has 0 amide bonds.